The van der Waals surface area contributed by atoms with E-state index in [-0.39, 0.29) is 31.8 Å². The molecule has 0 spiro atoms. The van der Waals surface area contributed by atoms with E-state index < -0.39 is 66.4 Å². The number of para-hydroxylation sites is 1. The van der Waals surface area contributed by atoms with Crippen molar-refractivity contribution in [1.82, 2.24) is 20.9 Å². The van der Waals surface area contributed by atoms with Gasteiger partial charge in [-0.25, -0.2) is 4.79 Å². The first-order valence-electron chi connectivity index (χ1n) is 12.7. The van der Waals surface area contributed by atoms with Crippen LogP contribution in [-0.2, 0) is 30.4 Å². The SMILES string of the molecule is CC(O)C(N)C(=O)NC(Cc1c[nH]c2ccccc12)C(=O)NC(CCCN=C(N)N)C(=O)NC(CC(=O)O)C(=O)O. The Balaban J connectivity index is 2.33. The van der Waals surface area contributed by atoms with Crippen molar-refractivity contribution in [2.24, 2.45) is 22.2 Å². The van der Waals surface area contributed by atoms with Crippen LogP contribution in [0.15, 0.2) is 35.5 Å². The van der Waals surface area contributed by atoms with Crippen LogP contribution in [0.4, 0.5) is 0 Å². The summed E-state index contributed by atoms with van der Waals surface area (Å²) in [5, 5.41) is 36.0. The summed E-state index contributed by atoms with van der Waals surface area (Å²) in [6.45, 7) is 1.39. The molecule has 0 bridgehead atoms. The standard InChI is InChI=1S/C25H36N8O8/c1-12(34)20(26)23(39)32-17(9-13-11-30-15-6-3-2-5-14(13)15)22(38)31-16(7-4-8-29-25(27)28)21(37)33-18(24(40)41)10-19(35)36/h2-3,5-6,11-12,16-18,20,30,34H,4,7-10,26H2,1H3,(H,31,38)(H,32,39)(H,33,37)(H,35,36)(H,40,41)(H4,27,28,29). The normalized spacial score (nSPS) is 14.6. The number of rotatable bonds is 16. The number of aliphatic hydroxyl groups is 1. The highest BCUT2D eigenvalue weighted by molar-refractivity contribution is 5.95. The first kappa shape index (κ1) is 32.5. The Labute approximate surface area is 234 Å². The summed E-state index contributed by atoms with van der Waals surface area (Å²) < 4.78 is 0. The number of carboxylic acid groups (broad SMARTS) is 2. The number of amides is 3. The lowest BCUT2D eigenvalue weighted by atomic mass is 10.0. The van der Waals surface area contributed by atoms with Crippen molar-refractivity contribution in [2.75, 3.05) is 6.54 Å². The Kier molecular flexibility index (Phi) is 12.0. The number of nitrogens with zero attached hydrogens (tertiary/aromatic N) is 1. The van der Waals surface area contributed by atoms with E-state index in [4.69, 9.17) is 22.3 Å². The molecule has 3 amide bonds. The van der Waals surface area contributed by atoms with Gasteiger partial charge in [0.2, 0.25) is 17.7 Å². The molecule has 224 valence electrons. The van der Waals surface area contributed by atoms with Gasteiger partial charge in [-0.2, -0.15) is 0 Å². The first-order valence-corrected chi connectivity index (χ1v) is 12.7. The van der Waals surface area contributed by atoms with E-state index in [1.165, 1.54) is 6.92 Å². The van der Waals surface area contributed by atoms with E-state index in [0.717, 1.165) is 10.9 Å². The third-order valence-electron chi connectivity index (χ3n) is 6.13. The molecule has 0 aliphatic rings. The van der Waals surface area contributed by atoms with Crippen molar-refractivity contribution in [2.45, 2.75) is 62.9 Å². The molecule has 1 heterocycles. The molecular formula is C25H36N8O8. The van der Waals surface area contributed by atoms with Crippen LogP contribution in [0.25, 0.3) is 10.9 Å². The number of nitrogens with one attached hydrogen (secondary N) is 4. The van der Waals surface area contributed by atoms with Crippen LogP contribution >= 0.6 is 0 Å². The van der Waals surface area contributed by atoms with Gasteiger partial charge in [-0.3, -0.25) is 24.2 Å². The molecule has 5 unspecified atom stereocenters. The van der Waals surface area contributed by atoms with Crippen molar-refractivity contribution >= 4 is 46.5 Å². The monoisotopic (exact) mass is 576 g/mol. The molecule has 0 aliphatic heterocycles. The topological polar surface area (TPSA) is 288 Å². The number of aliphatic imine (C=N–C) groups is 1. The molecule has 41 heavy (non-hydrogen) atoms. The summed E-state index contributed by atoms with van der Waals surface area (Å²) in [4.78, 5) is 68.6. The molecule has 2 aromatic rings. The number of carboxylic acids is 2. The number of H-pyrrole nitrogens is 1. The number of aliphatic hydroxyl groups excluding tert-OH is 1. The van der Waals surface area contributed by atoms with Crippen LogP contribution in [0, 0.1) is 0 Å². The molecule has 16 heteroatoms. The second kappa shape index (κ2) is 15.2. The molecule has 0 fully saturated rings. The second-order valence-corrected chi connectivity index (χ2v) is 9.40. The number of hydrogen-bond donors (Lipinski definition) is 10. The number of carbonyl (C=O) groups excluding carboxylic acids is 3. The van der Waals surface area contributed by atoms with Gasteiger partial charge >= 0.3 is 11.9 Å². The summed E-state index contributed by atoms with van der Waals surface area (Å²) in [5.74, 6) is -5.83. The number of aromatic amines is 1. The Morgan fingerprint density at radius 3 is 2.17 bits per heavy atom. The number of guanidine groups is 1. The maximum Gasteiger partial charge on any atom is 0.326 e. The molecule has 2 rings (SSSR count). The average Bonchev–Trinajstić information content (AvgIpc) is 3.31. The van der Waals surface area contributed by atoms with E-state index in [2.05, 4.69) is 25.9 Å². The molecular weight excluding hydrogens is 540 g/mol. The van der Waals surface area contributed by atoms with Crippen LogP contribution in [-0.4, -0.2) is 92.7 Å². The van der Waals surface area contributed by atoms with Gasteiger partial charge in [-0.05, 0) is 31.4 Å². The number of benzene rings is 1. The fraction of sp³-hybridized carbons (Fsp3) is 0.440. The molecule has 16 nitrogen and oxygen atoms in total. The van der Waals surface area contributed by atoms with Gasteiger partial charge in [0.1, 0.15) is 24.2 Å². The number of hydrogen-bond acceptors (Lipinski definition) is 8. The maximum absolute atomic E-state index is 13.5. The summed E-state index contributed by atoms with van der Waals surface area (Å²) in [7, 11) is 0. The van der Waals surface area contributed by atoms with Crippen molar-refractivity contribution in [3.05, 3.63) is 36.0 Å². The van der Waals surface area contributed by atoms with E-state index >= 15 is 0 Å². The third-order valence-corrected chi connectivity index (χ3v) is 6.13. The van der Waals surface area contributed by atoms with Gasteiger partial charge < -0.3 is 53.5 Å². The van der Waals surface area contributed by atoms with E-state index in [9.17, 15) is 34.2 Å². The predicted octanol–water partition coefficient (Wildman–Crippen LogP) is -2.51. The van der Waals surface area contributed by atoms with Crippen molar-refractivity contribution < 1.29 is 39.3 Å². The quantitative estimate of drug-likeness (QED) is 0.0565. The minimum atomic E-state index is -1.76. The highest BCUT2D eigenvalue weighted by atomic mass is 16.4. The summed E-state index contributed by atoms with van der Waals surface area (Å²) in [6, 6.07) is 1.52. The Hall–Kier alpha value is -4.70. The van der Waals surface area contributed by atoms with Gasteiger partial charge in [0, 0.05) is 30.1 Å². The van der Waals surface area contributed by atoms with E-state index in [1.54, 1.807) is 12.3 Å². The maximum atomic E-state index is 13.5. The Morgan fingerprint density at radius 1 is 0.951 bits per heavy atom. The molecule has 0 saturated heterocycles. The Morgan fingerprint density at radius 2 is 1.56 bits per heavy atom. The molecule has 1 aromatic heterocycles. The highest BCUT2D eigenvalue weighted by Crippen LogP contribution is 2.19. The highest BCUT2D eigenvalue weighted by Gasteiger charge is 2.32. The van der Waals surface area contributed by atoms with Gasteiger partial charge in [-0.1, -0.05) is 18.2 Å². The minimum absolute atomic E-state index is 0.0345. The fourth-order valence-electron chi connectivity index (χ4n) is 3.91. The lowest BCUT2D eigenvalue weighted by Gasteiger charge is -2.25. The molecule has 0 aliphatic carbocycles. The summed E-state index contributed by atoms with van der Waals surface area (Å²) in [6.07, 6.45) is -0.370. The van der Waals surface area contributed by atoms with Gasteiger partial charge in [0.15, 0.2) is 5.96 Å². The second-order valence-electron chi connectivity index (χ2n) is 9.40. The van der Waals surface area contributed by atoms with Crippen molar-refractivity contribution in [3.63, 3.8) is 0 Å². The summed E-state index contributed by atoms with van der Waals surface area (Å²) >= 11 is 0. The van der Waals surface area contributed by atoms with Crippen LogP contribution < -0.4 is 33.2 Å². The minimum Gasteiger partial charge on any atom is -0.481 e. The number of nitrogens with two attached hydrogens (primary N) is 3. The molecule has 13 N–H and O–H groups in total. The number of aliphatic carboxylic acids is 2. The first-order chi connectivity index (χ1) is 19.3. The molecule has 5 atom stereocenters. The molecule has 1 aromatic carbocycles. The van der Waals surface area contributed by atoms with E-state index in [1.807, 2.05) is 18.2 Å². The smallest absolute Gasteiger partial charge is 0.326 e. The number of carbonyl (C=O) groups is 5. The zero-order chi connectivity index (χ0) is 30.7. The largest absolute Gasteiger partial charge is 0.481 e. The zero-order valence-electron chi connectivity index (χ0n) is 22.4. The molecule has 0 radical (unpaired) electrons. The zero-order valence-corrected chi connectivity index (χ0v) is 22.4. The lowest BCUT2D eigenvalue weighted by molar-refractivity contribution is -0.147. The fourth-order valence-corrected chi connectivity index (χ4v) is 3.91. The number of aromatic nitrogens is 1. The Bertz CT molecular complexity index is 1270. The van der Waals surface area contributed by atoms with Gasteiger partial charge in [0.25, 0.3) is 0 Å². The van der Waals surface area contributed by atoms with Crippen molar-refractivity contribution in [1.29, 1.82) is 0 Å². The van der Waals surface area contributed by atoms with Gasteiger partial charge in [-0.15, -0.1) is 0 Å². The lowest BCUT2D eigenvalue weighted by Crippen LogP contribution is -2.58. The van der Waals surface area contributed by atoms with Gasteiger partial charge in [0.05, 0.1) is 12.5 Å². The van der Waals surface area contributed by atoms with Crippen LogP contribution in [0.2, 0.25) is 0 Å². The number of fused-ring (bicyclic) bond motifs is 1. The van der Waals surface area contributed by atoms with Crippen LogP contribution in [0.5, 0.6) is 0 Å². The van der Waals surface area contributed by atoms with Crippen molar-refractivity contribution in [3.8, 4) is 0 Å². The van der Waals surface area contributed by atoms with E-state index in [0.29, 0.717) is 5.56 Å². The van der Waals surface area contributed by atoms with Crippen LogP contribution in [0.1, 0.15) is 31.7 Å². The molecule has 0 saturated carbocycles. The van der Waals surface area contributed by atoms with Crippen LogP contribution in [0.3, 0.4) is 0 Å². The predicted molar refractivity (Wildman–Crippen MR) is 147 cm³/mol. The summed E-state index contributed by atoms with van der Waals surface area (Å²) in [5.41, 5.74) is 17.8. The third kappa shape index (κ3) is 10.1. The average molecular weight is 577 g/mol.